The zero-order chi connectivity index (χ0) is 18.5. The van der Waals surface area contributed by atoms with Gasteiger partial charge in [-0.25, -0.2) is 4.98 Å². The number of methoxy groups -OCH3 is 2. The quantitative estimate of drug-likeness (QED) is 0.730. The number of nitrogens with one attached hydrogen (secondary N) is 1. The number of aromatic nitrogens is 2. The van der Waals surface area contributed by atoms with Gasteiger partial charge >= 0.3 is 0 Å². The molecule has 2 aromatic carbocycles. The number of rotatable bonds is 6. The SMILES string of the molecule is COc1ccc(CNC(=O)Cn2c(=O)cnc3ccccc32)c(OC)c1. The second-order valence-electron chi connectivity index (χ2n) is 5.63. The van der Waals surface area contributed by atoms with Gasteiger partial charge in [0.1, 0.15) is 18.0 Å². The number of hydrogen-bond acceptors (Lipinski definition) is 5. The summed E-state index contributed by atoms with van der Waals surface area (Å²) in [4.78, 5) is 28.5. The van der Waals surface area contributed by atoms with Gasteiger partial charge in [-0.2, -0.15) is 0 Å². The monoisotopic (exact) mass is 353 g/mol. The summed E-state index contributed by atoms with van der Waals surface area (Å²) in [5, 5.41) is 2.81. The largest absolute Gasteiger partial charge is 0.497 e. The second kappa shape index (κ2) is 7.69. The van der Waals surface area contributed by atoms with E-state index in [0.717, 1.165) is 5.56 Å². The van der Waals surface area contributed by atoms with Crippen LogP contribution in [0.1, 0.15) is 5.56 Å². The molecule has 3 aromatic rings. The van der Waals surface area contributed by atoms with E-state index in [1.807, 2.05) is 12.1 Å². The molecule has 0 saturated carbocycles. The number of ether oxygens (including phenoxy) is 2. The number of carbonyl (C=O) groups is 1. The second-order valence-corrected chi connectivity index (χ2v) is 5.63. The number of hydrogen-bond donors (Lipinski definition) is 1. The Balaban J connectivity index is 1.75. The van der Waals surface area contributed by atoms with Crippen LogP contribution in [0.25, 0.3) is 11.0 Å². The van der Waals surface area contributed by atoms with E-state index in [2.05, 4.69) is 10.3 Å². The van der Waals surface area contributed by atoms with Crippen molar-refractivity contribution in [1.82, 2.24) is 14.9 Å². The number of para-hydroxylation sites is 2. The van der Waals surface area contributed by atoms with Gasteiger partial charge in [-0.3, -0.25) is 14.2 Å². The molecular weight excluding hydrogens is 334 g/mol. The molecule has 3 rings (SSSR count). The zero-order valence-electron chi connectivity index (χ0n) is 14.6. The van der Waals surface area contributed by atoms with Crippen LogP contribution in [0, 0.1) is 0 Å². The summed E-state index contributed by atoms with van der Waals surface area (Å²) < 4.78 is 11.9. The van der Waals surface area contributed by atoms with Crippen molar-refractivity contribution in [3.63, 3.8) is 0 Å². The summed E-state index contributed by atoms with van der Waals surface area (Å²) >= 11 is 0. The third kappa shape index (κ3) is 3.66. The molecule has 0 radical (unpaired) electrons. The first-order valence-electron chi connectivity index (χ1n) is 8.04. The van der Waals surface area contributed by atoms with Gasteiger partial charge in [-0.05, 0) is 24.3 Å². The maximum atomic E-state index is 12.3. The van der Waals surface area contributed by atoms with Gasteiger partial charge < -0.3 is 14.8 Å². The van der Waals surface area contributed by atoms with Crippen LogP contribution >= 0.6 is 0 Å². The molecule has 0 aliphatic rings. The molecule has 0 aliphatic heterocycles. The number of carbonyl (C=O) groups excluding carboxylic acids is 1. The summed E-state index contributed by atoms with van der Waals surface area (Å²) in [7, 11) is 3.13. The minimum Gasteiger partial charge on any atom is -0.497 e. The van der Waals surface area contributed by atoms with Gasteiger partial charge in [0.2, 0.25) is 5.91 Å². The highest BCUT2D eigenvalue weighted by atomic mass is 16.5. The van der Waals surface area contributed by atoms with Crippen LogP contribution in [-0.4, -0.2) is 29.7 Å². The first-order chi connectivity index (χ1) is 12.6. The van der Waals surface area contributed by atoms with E-state index in [0.29, 0.717) is 22.5 Å². The Morgan fingerprint density at radius 3 is 2.73 bits per heavy atom. The lowest BCUT2D eigenvalue weighted by Crippen LogP contribution is -2.32. The smallest absolute Gasteiger partial charge is 0.269 e. The van der Waals surface area contributed by atoms with Crippen molar-refractivity contribution in [2.45, 2.75) is 13.1 Å². The molecule has 0 spiro atoms. The summed E-state index contributed by atoms with van der Waals surface area (Å²) in [6.07, 6.45) is 1.22. The first-order valence-corrected chi connectivity index (χ1v) is 8.04. The van der Waals surface area contributed by atoms with Gasteiger partial charge in [0.05, 0.1) is 31.4 Å². The summed E-state index contributed by atoms with van der Waals surface area (Å²) in [6, 6.07) is 12.6. The van der Waals surface area contributed by atoms with Crippen LogP contribution in [0.4, 0.5) is 0 Å². The van der Waals surface area contributed by atoms with Crippen LogP contribution < -0.4 is 20.3 Å². The highest BCUT2D eigenvalue weighted by molar-refractivity contribution is 5.80. The fraction of sp³-hybridized carbons (Fsp3) is 0.211. The highest BCUT2D eigenvalue weighted by Crippen LogP contribution is 2.24. The maximum absolute atomic E-state index is 12.3. The average molecular weight is 353 g/mol. The van der Waals surface area contributed by atoms with E-state index in [4.69, 9.17) is 9.47 Å². The molecule has 0 bridgehead atoms. The third-order valence-corrected chi connectivity index (χ3v) is 4.02. The van der Waals surface area contributed by atoms with Crippen molar-refractivity contribution < 1.29 is 14.3 Å². The number of amides is 1. The number of fused-ring (bicyclic) bond motifs is 1. The molecule has 7 nitrogen and oxygen atoms in total. The van der Waals surface area contributed by atoms with E-state index in [1.165, 1.54) is 10.8 Å². The van der Waals surface area contributed by atoms with Crippen molar-refractivity contribution in [2.24, 2.45) is 0 Å². The molecule has 0 atom stereocenters. The lowest BCUT2D eigenvalue weighted by atomic mass is 10.2. The maximum Gasteiger partial charge on any atom is 0.269 e. The Labute approximate surface area is 150 Å². The van der Waals surface area contributed by atoms with Crippen molar-refractivity contribution in [1.29, 1.82) is 0 Å². The van der Waals surface area contributed by atoms with Gasteiger partial charge in [-0.1, -0.05) is 12.1 Å². The molecule has 0 unspecified atom stereocenters. The standard InChI is InChI=1S/C19H19N3O4/c1-25-14-8-7-13(17(9-14)26-2)10-21-18(23)12-22-16-6-4-3-5-15(16)20-11-19(22)24/h3-9,11H,10,12H2,1-2H3,(H,21,23). The van der Waals surface area contributed by atoms with E-state index in [1.54, 1.807) is 44.6 Å². The Kier molecular flexibility index (Phi) is 5.17. The Bertz CT molecular complexity index is 997. The Hall–Kier alpha value is -3.35. The van der Waals surface area contributed by atoms with Crippen molar-refractivity contribution in [3.05, 3.63) is 64.6 Å². The topological polar surface area (TPSA) is 82.5 Å². The zero-order valence-corrected chi connectivity index (χ0v) is 14.6. The molecule has 7 heteroatoms. The molecule has 0 saturated heterocycles. The molecule has 0 aliphatic carbocycles. The fourth-order valence-electron chi connectivity index (χ4n) is 2.67. The Morgan fingerprint density at radius 1 is 1.15 bits per heavy atom. The van der Waals surface area contributed by atoms with Crippen LogP contribution in [0.15, 0.2) is 53.5 Å². The number of nitrogens with zero attached hydrogens (tertiary/aromatic N) is 2. The molecule has 1 aromatic heterocycles. The van der Waals surface area contributed by atoms with Crippen molar-refractivity contribution in [2.75, 3.05) is 14.2 Å². The molecule has 26 heavy (non-hydrogen) atoms. The number of benzene rings is 2. The third-order valence-electron chi connectivity index (χ3n) is 4.02. The molecule has 1 N–H and O–H groups in total. The van der Waals surface area contributed by atoms with Crippen LogP contribution in [-0.2, 0) is 17.9 Å². The van der Waals surface area contributed by atoms with Gasteiger partial charge in [0, 0.05) is 18.2 Å². The highest BCUT2D eigenvalue weighted by Gasteiger charge is 2.10. The lowest BCUT2D eigenvalue weighted by molar-refractivity contribution is -0.121. The van der Waals surface area contributed by atoms with Gasteiger partial charge in [-0.15, -0.1) is 0 Å². The summed E-state index contributed by atoms with van der Waals surface area (Å²) in [5.74, 6) is 1.02. The lowest BCUT2D eigenvalue weighted by Gasteiger charge is -2.12. The minimum atomic E-state index is -0.319. The van der Waals surface area contributed by atoms with Crippen molar-refractivity contribution >= 4 is 16.9 Å². The van der Waals surface area contributed by atoms with Crippen molar-refractivity contribution in [3.8, 4) is 11.5 Å². The summed E-state index contributed by atoms with van der Waals surface area (Å²) in [5.41, 5.74) is 1.78. The van der Waals surface area contributed by atoms with Crippen LogP contribution in [0.5, 0.6) is 11.5 Å². The molecule has 1 heterocycles. The van der Waals surface area contributed by atoms with Gasteiger partial charge in [0.25, 0.3) is 5.56 Å². The predicted octanol–water partition coefficient (Wildman–Crippen LogP) is 1.73. The van der Waals surface area contributed by atoms with E-state index in [9.17, 15) is 9.59 Å². The first kappa shape index (κ1) is 17.5. The fourth-order valence-corrected chi connectivity index (χ4v) is 2.67. The van der Waals surface area contributed by atoms with E-state index in [-0.39, 0.29) is 24.6 Å². The van der Waals surface area contributed by atoms with Gasteiger partial charge in [0.15, 0.2) is 0 Å². The van der Waals surface area contributed by atoms with Crippen LogP contribution in [0.3, 0.4) is 0 Å². The molecule has 134 valence electrons. The summed E-state index contributed by atoms with van der Waals surface area (Å²) in [6.45, 7) is 0.199. The van der Waals surface area contributed by atoms with E-state index >= 15 is 0 Å². The molecular formula is C19H19N3O4. The molecule has 1 amide bonds. The van der Waals surface area contributed by atoms with Crippen LogP contribution in [0.2, 0.25) is 0 Å². The van der Waals surface area contributed by atoms with E-state index < -0.39 is 0 Å². The molecule has 0 fully saturated rings. The normalized spacial score (nSPS) is 10.5. The average Bonchev–Trinajstić information content (AvgIpc) is 2.68. The predicted molar refractivity (Wildman–Crippen MR) is 97.4 cm³/mol. The minimum absolute atomic E-state index is 0.0830. The Morgan fingerprint density at radius 2 is 1.96 bits per heavy atom.